The van der Waals surface area contributed by atoms with Gasteiger partial charge >= 0.3 is 0 Å². The van der Waals surface area contributed by atoms with Crippen molar-refractivity contribution in [2.45, 2.75) is 19.4 Å². The van der Waals surface area contributed by atoms with Gasteiger partial charge < -0.3 is 19.5 Å². The van der Waals surface area contributed by atoms with Gasteiger partial charge in [-0.15, -0.1) is 0 Å². The Morgan fingerprint density at radius 2 is 1.79 bits per heavy atom. The lowest BCUT2D eigenvalue weighted by Crippen LogP contribution is -2.30. The van der Waals surface area contributed by atoms with Crippen LogP contribution in [0.2, 0.25) is 0 Å². The van der Waals surface area contributed by atoms with E-state index in [0.717, 1.165) is 6.07 Å². The van der Waals surface area contributed by atoms with E-state index in [1.165, 1.54) is 31.3 Å². The number of methoxy groups -OCH3 is 2. The smallest absolute Gasteiger partial charge is 0.295 e. The molecule has 152 valence electrons. The predicted molar refractivity (Wildman–Crippen MR) is 105 cm³/mol. The molecule has 1 amide bonds. The Morgan fingerprint density at radius 1 is 1.10 bits per heavy atom. The molecule has 0 bridgehead atoms. The number of halogens is 1. The quantitative estimate of drug-likeness (QED) is 0.456. The number of aliphatic hydroxyl groups excluding tert-OH is 1. The molecule has 0 aliphatic carbocycles. The van der Waals surface area contributed by atoms with Crippen LogP contribution in [0.25, 0.3) is 5.76 Å². The molecule has 1 fully saturated rings. The number of hydrogen-bond donors (Lipinski definition) is 1. The zero-order chi connectivity index (χ0) is 21.1. The zero-order valence-corrected chi connectivity index (χ0v) is 16.4. The van der Waals surface area contributed by atoms with Gasteiger partial charge in [0, 0.05) is 6.54 Å². The molecule has 1 aliphatic rings. The molecule has 1 atom stereocenters. The first-order valence-corrected chi connectivity index (χ1v) is 9.19. The number of benzene rings is 2. The third-order valence-electron chi connectivity index (χ3n) is 4.85. The van der Waals surface area contributed by atoms with Crippen molar-refractivity contribution in [3.63, 3.8) is 0 Å². The summed E-state index contributed by atoms with van der Waals surface area (Å²) in [7, 11) is 2.91. The van der Waals surface area contributed by atoms with Crippen molar-refractivity contribution in [2.75, 3.05) is 20.8 Å². The second-order valence-corrected chi connectivity index (χ2v) is 6.61. The first-order valence-electron chi connectivity index (χ1n) is 9.19. The van der Waals surface area contributed by atoms with Gasteiger partial charge in [-0.2, -0.15) is 0 Å². The molecule has 0 saturated carbocycles. The lowest BCUT2D eigenvalue weighted by Gasteiger charge is -2.25. The number of rotatable bonds is 6. The normalized spacial score (nSPS) is 18.2. The number of carbonyl (C=O) groups is 2. The van der Waals surface area contributed by atoms with Crippen LogP contribution in [0.4, 0.5) is 4.39 Å². The molecule has 2 aromatic carbocycles. The van der Waals surface area contributed by atoms with Crippen molar-refractivity contribution in [2.24, 2.45) is 0 Å². The molecule has 0 spiro atoms. The van der Waals surface area contributed by atoms with Gasteiger partial charge in [0.25, 0.3) is 11.7 Å². The fraction of sp³-hybridized carbons (Fsp3) is 0.273. The lowest BCUT2D eigenvalue weighted by atomic mass is 9.95. The third kappa shape index (κ3) is 3.68. The summed E-state index contributed by atoms with van der Waals surface area (Å²) in [5, 5.41) is 11.0. The molecule has 1 saturated heterocycles. The van der Waals surface area contributed by atoms with Gasteiger partial charge in [0.1, 0.15) is 23.1 Å². The van der Waals surface area contributed by atoms with E-state index in [1.54, 1.807) is 24.3 Å². The monoisotopic (exact) mass is 399 g/mol. The highest BCUT2D eigenvalue weighted by Gasteiger charge is 2.45. The van der Waals surface area contributed by atoms with Gasteiger partial charge in [-0.1, -0.05) is 19.1 Å². The Bertz CT molecular complexity index is 968. The number of hydrogen-bond acceptors (Lipinski definition) is 5. The van der Waals surface area contributed by atoms with Crippen molar-refractivity contribution in [3.8, 4) is 11.5 Å². The Morgan fingerprint density at radius 3 is 2.38 bits per heavy atom. The number of carbonyl (C=O) groups excluding carboxylic acids is 2. The maximum absolute atomic E-state index is 13.8. The van der Waals surface area contributed by atoms with Gasteiger partial charge in [0.15, 0.2) is 0 Å². The van der Waals surface area contributed by atoms with Crippen LogP contribution in [-0.4, -0.2) is 42.5 Å². The lowest BCUT2D eigenvalue weighted by molar-refractivity contribution is -0.139. The minimum atomic E-state index is -0.817. The van der Waals surface area contributed by atoms with Gasteiger partial charge in [-0.05, 0) is 42.3 Å². The average Bonchev–Trinajstić information content (AvgIpc) is 2.98. The minimum absolute atomic E-state index is 0.0144. The number of amides is 1. The van der Waals surface area contributed by atoms with Gasteiger partial charge in [0.05, 0.1) is 31.4 Å². The van der Waals surface area contributed by atoms with Crippen LogP contribution in [0, 0.1) is 5.82 Å². The van der Waals surface area contributed by atoms with Crippen molar-refractivity contribution >= 4 is 17.4 Å². The molecule has 2 aromatic rings. The number of ketones is 1. The Kier molecular flexibility index (Phi) is 5.87. The van der Waals surface area contributed by atoms with Crippen molar-refractivity contribution < 1.29 is 28.6 Å². The summed E-state index contributed by atoms with van der Waals surface area (Å²) in [5.41, 5.74) is 0.549. The first-order chi connectivity index (χ1) is 13.9. The summed E-state index contributed by atoms with van der Waals surface area (Å²) < 4.78 is 24.2. The van der Waals surface area contributed by atoms with E-state index >= 15 is 0 Å². The Labute approximate surface area is 168 Å². The fourth-order valence-electron chi connectivity index (χ4n) is 3.49. The second-order valence-electron chi connectivity index (χ2n) is 6.61. The molecule has 7 heteroatoms. The molecule has 3 rings (SSSR count). The molecule has 0 aromatic heterocycles. The standard InChI is InChI=1S/C22H22FNO5/c1-4-11-24-19(13-5-8-15(28-2)9-6-13)18(21(26)22(24)27)20(25)16-12-14(23)7-10-17(16)29-3/h5-10,12,19,25H,4,11H2,1-3H3/b20-18+. The molecule has 1 heterocycles. The van der Waals surface area contributed by atoms with Gasteiger partial charge in [-0.25, -0.2) is 4.39 Å². The van der Waals surface area contributed by atoms with E-state index < -0.39 is 29.3 Å². The summed E-state index contributed by atoms with van der Waals surface area (Å²) in [5.74, 6) is -1.78. The summed E-state index contributed by atoms with van der Waals surface area (Å²) >= 11 is 0. The number of nitrogens with zero attached hydrogens (tertiary/aromatic N) is 1. The van der Waals surface area contributed by atoms with E-state index in [1.807, 2.05) is 6.92 Å². The van der Waals surface area contributed by atoms with Crippen LogP contribution in [-0.2, 0) is 9.59 Å². The van der Waals surface area contributed by atoms with Gasteiger partial charge in [-0.3, -0.25) is 9.59 Å². The van der Waals surface area contributed by atoms with E-state index in [4.69, 9.17) is 9.47 Å². The molecular formula is C22H22FNO5. The van der Waals surface area contributed by atoms with E-state index in [9.17, 15) is 19.1 Å². The maximum atomic E-state index is 13.8. The predicted octanol–water partition coefficient (Wildman–Crippen LogP) is 3.67. The van der Waals surface area contributed by atoms with Crippen LogP contribution >= 0.6 is 0 Å². The summed E-state index contributed by atoms with van der Waals surface area (Å²) in [6.07, 6.45) is 0.628. The molecule has 29 heavy (non-hydrogen) atoms. The van der Waals surface area contributed by atoms with Crippen molar-refractivity contribution in [3.05, 3.63) is 65.0 Å². The Balaban J connectivity index is 2.22. The molecule has 0 radical (unpaired) electrons. The van der Waals surface area contributed by atoms with Crippen molar-refractivity contribution in [1.29, 1.82) is 0 Å². The van der Waals surface area contributed by atoms with Crippen LogP contribution < -0.4 is 9.47 Å². The highest BCUT2D eigenvalue weighted by atomic mass is 19.1. The van der Waals surface area contributed by atoms with Crippen LogP contribution in [0.1, 0.15) is 30.5 Å². The van der Waals surface area contributed by atoms with E-state index in [-0.39, 0.29) is 16.9 Å². The average molecular weight is 399 g/mol. The molecular weight excluding hydrogens is 377 g/mol. The molecule has 1 aliphatic heterocycles. The van der Waals surface area contributed by atoms with Crippen molar-refractivity contribution in [1.82, 2.24) is 4.90 Å². The summed E-state index contributed by atoms with van der Waals surface area (Å²) in [6, 6.07) is 9.71. The van der Waals surface area contributed by atoms with Crippen LogP contribution in [0.5, 0.6) is 11.5 Å². The van der Waals surface area contributed by atoms with Crippen LogP contribution in [0.15, 0.2) is 48.0 Å². The van der Waals surface area contributed by atoms with Gasteiger partial charge in [0.2, 0.25) is 0 Å². The minimum Gasteiger partial charge on any atom is -0.507 e. The fourth-order valence-corrected chi connectivity index (χ4v) is 3.49. The number of Topliss-reactive ketones (excluding diaryl/α,β-unsaturated/α-hetero) is 1. The van der Waals surface area contributed by atoms with E-state index in [2.05, 4.69) is 0 Å². The number of aliphatic hydroxyl groups is 1. The second kappa shape index (κ2) is 8.34. The SMILES string of the molecule is CCCN1C(=O)C(=O)/C(=C(/O)c2cc(F)ccc2OC)C1c1ccc(OC)cc1. The maximum Gasteiger partial charge on any atom is 0.295 e. The van der Waals surface area contributed by atoms with E-state index in [0.29, 0.717) is 24.3 Å². The molecule has 1 N–H and O–H groups in total. The zero-order valence-electron chi connectivity index (χ0n) is 16.4. The highest BCUT2D eigenvalue weighted by Crippen LogP contribution is 2.41. The highest BCUT2D eigenvalue weighted by molar-refractivity contribution is 6.46. The van der Waals surface area contributed by atoms with Crippen LogP contribution in [0.3, 0.4) is 0 Å². The largest absolute Gasteiger partial charge is 0.507 e. The Hall–Kier alpha value is -3.35. The molecule has 1 unspecified atom stereocenters. The number of ether oxygens (including phenoxy) is 2. The molecule has 6 nitrogen and oxygen atoms in total. The topological polar surface area (TPSA) is 76.1 Å². The number of likely N-dealkylation sites (tertiary alicyclic amines) is 1. The summed E-state index contributed by atoms with van der Waals surface area (Å²) in [6.45, 7) is 2.22. The first kappa shape index (κ1) is 20.4. The third-order valence-corrected chi connectivity index (χ3v) is 4.85. The summed E-state index contributed by atoms with van der Waals surface area (Å²) in [4.78, 5) is 26.9.